The Bertz CT molecular complexity index is 309. The summed E-state index contributed by atoms with van der Waals surface area (Å²) in [6.45, 7) is 2.57. The highest BCUT2D eigenvalue weighted by Crippen LogP contribution is 2.23. The van der Waals surface area contributed by atoms with Crippen LogP contribution in [0.3, 0.4) is 0 Å². The predicted octanol–water partition coefficient (Wildman–Crippen LogP) is 3.37. The number of carbonyl (C=O) groups is 1. The molecule has 0 aliphatic carbocycles. The molecule has 0 amide bonds. The summed E-state index contributed by atoms with van der Waals surface area (Å²) in [7, 11) is 1.65. The first-order valence-corrected chi connectivity index (χ1v) is 6.09. The Morgan fingerprint density at radius 3 is 2.93 bits per heavy atom. The third-order valence-electron chi connectivity index (χ3n) is 2.05. The van der Waals surface area contributed by atoms with E-state index in [0.29, 0.717) is 6.61 Å². The van der Waals surface area contributed by atoms with Gasteiger partial charge in [-0.05, 0) is 28.4 Å². The van der Waals surface area contributed by atoms with E-state index >= 15 is 0 Å². The van der Waals surface area contributed by atoms with Crippen LogP contribution in [0.2, 0.25) is 0 Å². The second kappa shape index (κ2) is 5.63. The van der Waals surface area contributed by atoms with Crippen molar-refractivity contribution in [3.8, 4) is 0 Å². The number of ketones is 1. The average Bonchev–Trinajstić information content (AvgIpc) is 2.60. The normalized spacial score (nSPS) is 12.8. The molecule has 0 N–H and O–H groups in total. The van der Waals surface area contributed by atoms with E-state index in [2.05, 4.69) is 15.9 Å². The van der Waals surface area contributed by atoms with Gasteiger partial charge in [-0.3, -0.25) is 4.79 Å². The van der Waals surface area contributed by atoms with Crippen LogP contribution in [-0.4, -0.2) is 19.5 Å². The molecule has 0 aliphatic rings. The largest absolute Gasteiger partial charge is 0.385 e. The molecule has 0 radical (unpaired) electrons. The van der Waals surface area contributed by atoms with E-state index in [4.69, 9.17) is 4.74 Å². The number of halogens is 1. The van der Waals surface area contributed by atoms with Crippen molar-refractivity contribution >= 4 is 33.0 Å². The number of methoxy groups -OCH3 is 1. The third-order valence-corrected chi connectivity index (χ3v) is 3.56. The number of ether oxygens (including phenoxy) is 1. The zero-order valence-corrected chi connectivity index (χ0v) is 10.7. The third kappa shape index (κ3) is 3.19. The Balaban J connectivity index is 2.56. The summed E-state index contributed by atoms with van der Waals surface area (Å²) in [5.41, 5.74) is 0.797. The maximum absolute atomic E-state index is 11.8. The lowest BCUT2D eigenvalue weighted by Gasteiger charge is -2.07. The lowest BCUT2D eigenvalue weighted by molar-refractivity contribution is 0.0894. The molecule has 0 aliphatic heterocycles. The molecule has 1 atom stereocenters. The molecular formula is C10H13BrO2S. The minimum Gasteiger partial charge on any atom is -0.385 e. The Labute approximate surface area is 96.4 Å². The molecule has 4 heteroatoms. The molecule has 1 aromatic rings. The second-order valence-corrected chi connectivity index (χ2v) is 5.48. The molecule has 1 heterocycles. The van der Waals surface area contributed by atoms with E-state index in [9.17, 15) is 4.79 Å². The van der Waals surface area contributed by atoms with Gasteiger partial charge in [0.25, 0.3) is 0 Å². The number of thiophene rings is 1. The van der Waals surface area contributed by atoms with Gasteiger partial charge in [-0.15, -0.1) is 11.3 Å². The van der Waals surface area contributed by atoms with Crippen LogP contribution in [0.1, 0.15) is 23.7 Å². The number of Topliss-reactive ketones (excluding diaryl/α,β-unsaturated/α-hetero) is 1. The molecule has 0 aromatic carbocycles. The Morgan fingerprint density at radius 2 is 2.43 bits per heavy atom. The van der Waals surface area contributed by atoms with Crippen LogP contribution in [0.15, 0.2) is 15.2 Å². The van der Waals surface area contributed by atoms with Crippen molar-refractivity contribution in [1.82, 2.24) is 0 Å². The highest BCUT2D eigenvalue weighted by Gasteiger charge is 2.15. The van der Waals surface area contributed by atoms with Crippen LogP contribution in [0.5, 0.6) is 0 Å². The summed E-state index contributed by atoms with van der Waals surface area (Å²) in [6, 6.07) is 1.87. The van der Waals surface area contributed by atoms with E-state index in [1.165, 1.54) is 11.3 Å². The Morgan fingerprint density at radius 1 is 1.71 bits per heavy atom. The summed E-state index contributed by atoms with van der Waals surface area (Å²) < 4.78 is 5.94. The molecule has 78 valence electrons. The van der Waals surface area contributed by atoms with Crippen molar-refractivity contribution in [2.45, 2.75) is 13.3 Å². The van der Waals surface area contributed by atoms with Crippen LogP contribution < -0.4 is 0 Å². The fourth-order valence-corrected chi connectivity index (χ4v) is 2.30. The van der Waals surface area contributed by atoms with Crippen molar-refractivity contribution < 1.29 is 9.53 Å². The van der Waals surface area contributed by atoms with Gasteiger partial charge in [0.2, 0.25) is 0 Å². The molecule has 0 fully saturated rings. The first-order chi connectivity index (χ1) is 6.65. The standard InChI is InChI=1S/C10H13BrO2S/c1-7(3-4-13-2)10(12)8-5-9(11)14-6-8/h5-7H,3-4H2,1-2H3. The molecule has 0 saturated heterocycles. The van der Waals surface area contributed by atoms with Crippen molar-refractivity contribution in [3.63, 3.8) is 0 Å². The SMILES string of the molecule is COCCC(C)C(=O)c1csc(Br)c1. The molecule has 2 nitrogen and oxygen atoms in total. The van der Waals surface area contributed by atoms with E-state index in [0.717, 1.165) is 15.8 Å². The molecule has 1 aromatic heterocycles. The molecule has 0 saturated carbocycles. The van der Waals surface area contributed by atoms with E-state index in [1.54, 1.807) is 7.11 Å². The van der Waals surface area contributed by atoms with E-state index in [1.807, 2.05) is 18.4 Å². The van der Waals surface area contributed by atoms with Crippen LogP contribution in [0.25, 0.3) is 0 Å². The summed E-state index contributed by atoms with van der Waals surface area (Å²) in [5, 5.41) is 1.88. The van der Waals surface area contributed by atoms with Crippen molar-refractivity contribution in [1.29, 1.82) is 0 Å². The lowest BCUT2D eigenvalue weighted by Crippen LogP contribution is -2.12. The topological polar surface area (TPSA) is 26.3 Å². The zero-order valence-electron chi connectivity index (χ0n) is 8.25. The highest BCUT2D eigenvalue weighted by molar-refractivity contribution is 9.11. The number of carbonyl (C=O) groups excluding carboxylic acids is 1. The van der Waals surface area contributed by atoms with Gasteiger partial charge in [0.05, 0.1) is 3.79 Å². The van der Waals surface area contributed by atoms with Gasteiger partial charge in [-0.2, -0.15) is 0 Å². The fourth-order valence-electron chi connectivity index (χ4n) is 1.15. The van der Waals surface area contributed by atoms with Crippen molar-refractivity contribution in [2.24, 2.45) is 5.92 Å². The van der Waals surface area contributed by atoms with E-state index < -0.39 is 0 Å². The molecule has 1 unspecified atom stereocenters. The zero-order chi connectivity index (χ0) is 10.6. The summed E-state index contributed by atoms with van der Waals surface area (Å²) >= 11 is 4.88. The summed E-state index contributed by atoms with van der Waals surface area (Å²) in [4.78, 5) is 11.8. The monoisotopic (exact) mass is 276 g/mol. The van der Waals surface area contributed by atoms with Gasteiger partial charge in [0.1, 0.15) is 0 Å². The van der Waals surface area contributed by atoms with Gasteiger partial charge in [-0.25, -0.2) is 0 Å². The van der Waals surface area contributed by atoms with Crippen molar-refractivity contribution in [2.75, 3.05) is 13.7 Å². The molecule has 1 rings (SSSR count). The number of hydrogen-bond acceptors (Lipinski definition) is 3. The maximum atomic E-state index is 11.8. The lowest BCUT2D eigenvalue weighted by atomic mass is 9.99. The Hall–Kier alpha value is -0.190. The minimum atomic E-state index is 0.0384. The number of rotatable bonds is 5. The Kier molecular flexibility index (Phi) is 4.78. The van der Waals surface area contributed by atoms with Crippen LogP contribution in [0.4, 0.5) is 0 Å². The molecule has 0 bridgehead atoms. The highest BCUT2D eigenvalue weighted by atomic mass is 79.9. The first kappa shape index (κ1) is 11.9. The predicted molar refractivity (Wildman–Crippen MR) is 62.0 cm³/mol. The van der Waals surface area contributed by atoms with Crippen LogP contribution >= 0.6 is 27.3 Å². The summed E-state index contributed by atoms with van der Waals surface area (Å²) in [5.74, 6) is 0.237. The average molecular weight is 277 g/mol. The minimum absolute atomic E-state index is 0.0384. The maximum Gasteiger partial charge on any atom is 0.166 e. The quantitative estimate of drug-likeness (QED) is 0.771. The second-order valence-electron chi connectivity index (χ2n) is 3.19. The van der Waals surface area contributed by atoms with Crippen LogP contribution in [-0.2, 0) is 4.74 Å². The smallest absolute Gasteiger partial charge is 0.166 e. The van der Waals surface area contributed by atoms with E-state index in [-0.39, 0.29) is 11.7 Å². The van der Waals surface area contributed by atoms with Gasteiger partial charge >= 0.3 is 0 Å². The first-order valence-electron chi connectivity index (χ1n) is 4.42. The van der Waals surface area contributed by atoms with Gasteiger partial charge in [0, 0.05) is 30.6 Å². The van der Waals surface area contributed by atoms with Gasteiger partial charge in [0.15, 0.2) is 5.78 Å². The molecule has 0 spiro atoms. The molecular weight excluding hydrogens is 264 g/mol. The summed E-state index contributed by atoms with van der Waals surface area (Å²) in [6.07, 6.45) is 0.781. The molecule has 14 heavy (non-hydrogen) atoms. The fraction of sp³-hybridized carbons (Fsp3) is 0.500. The van der Waals surface area contributed by atoms with Gasteiger partial charge in [-0.1, -0.05) is 6.92 Å². The van der Waals surface area contributed by atoms with Crippen molar-refractivity contribution in [3.05, 3.63) is 20.8 Å². The van der Waals surface area contributed by atoms with Gasteiger partial charge < -0.3 is 4.74 Å². The number of hydrogen-bond donors (Lipinski definition) is 0. The van der Waals surface area contributed by atoms with Crippen LogP contribution in [0, 0.1) is 5.92 Å².